The summed E-state index contributed by atoms with van der Waals surface area (Å²) in [6.07, 6.45) is 0.947. The van der Waals surface area contributed by atoms with Crippen LogP contribution in [0.15, 0.2) is 39.6 Å². The van der Waals surface area contributed by atoms with Crippen LogP contribution >= 0.6 is 15.9 Å². The molecule has 2 N–H and O–H groups in total. The van der Waals surface area contributed by atoms with Gasteiger partial charge in [-0.25, -0.2) is 18.9 Å². The highest BCUT2D eigenvalue weighted by molar-refractivity contribution is 9.10. The predicted molar refractivity (Wildman–Crippen MR) is 85.5 cm³/mol. The van der Waals surface area contributed by atoms with Crippen LogP contribution in [0.25, 0.3) is 16.9 Å². The second kappa shape index (κ2) is 5.72. The molecule has 0 spiro atoms. The van der Waals surface area contributed by atoms with Gasteiger partial charge in [0, 0.05) is 12.0 Å². The zero-order valence-electron chi connectivity index (χ0n) is 11.4. The lowest BCUT2D eigenvalue weighted by Crippen LogP contribution is -2.23. The van der Waals surface area contributed by atoms with E-state index < -0.39 is 5.69 Å². The lowest BCUT2D eigenvalue weighted by atomic mass is 10.1. The molecule has 2 aromatic heterocycles. The molecule has 0 aliphatic heterocycles. The van der Waals surface area contributed by atoms with E-state index in [0.29, 0.717) is 15.8 Å². The van der Waals surface area contributed by atoms with Crippen molar-refractivity contribution in [1.82, 2.24) is 19.2 Å². The predicted octanol–water partition coefficient (Wildman–Crippen LogP) is 1.49. The van der Waals surface area contributed by atoms with Crippen LogP contribution in [0.4, 0.5) is 5.95 Å². The Bertz CT molecular complexity index is 901. The van der Waals surface area contributed by atoms with Gasteiger partial charge in [-0.2, -0.15) is 0 Å². The van der Waals surface area contributed by atoms with E-state index in [0.717, 1.165) is 11.8 Å². The van der Waals surface area contributed by atoms with E-state index in [-0.39, 0.29) is 18.9 Å². The fourth-order valence-electron chi connectivity index (χ4n) is 2.18. The normalized spacial score (nSPS) is 11.0. The molecule has 7 nitrogen and oxygen atoms in total. The van der Waals surface area contributed by atoms with Crippen molar-refractivity contribution in [3.8, 4) is 11.3 Å². The number of carbonyl (C=O) groups excluding carboxylic acids is 1. The summed E-state index contributed by atoms with van der Waals surface area (Å²) in [4.78, 5) is 27.0. The van der Waals surface area contributed by atoms with E-state index in [1.54, 1.807) is 0 Å². The number of hydrogen-bond donors (Lipinski definition) is 1. The van der Waals surface area contributed by atoms with E-state index in [1.165, 1.54) is 9.08 Å². The molecule has 1 aromatic carbocycles. The van der Waals surface area contributed by atoms with Crippen molar-refractivity contribution >= 4 is 33.8 Å². The molecular formula is C14H12BrN5O2. The van der Waals surface area contributed by atoms with E-state index in [4.69, 9.17) is 5.73 Å². The Morgan fingerprint density at radius 2 is 2.00 bits per heavy atom. The Kier molecular flexibility index (Phi) is 3.76. The Hall–Kier alpha value is -2.48. The molecule has 0 unspecified atom stereocenters. The number of nitrogens with zero attached hydrogens (tertiary/aromatic N) is 4. The van der Waals surface area contributed by atoms with Crippen LogP contribution in [0.3, 0.4) is 0 Å². The number of aryl methyl sites for hydroxylation is 1. The van der Waals surface area contributed by atoms with E-state index in [1.807, 2.05) is 30.3 Å². The van der Waals surface area contributed by atoms with Crippen molar-refractivity contribution in [2.45, 2.75) is 13.0 Å². The highest BCUT2D eigenvalue weighted by atomic mass is 79.9. The van der Waals surface area contributed by atoms with Gasteiger partial charge in [-0.15, -0.1) is 5.10 Å². The smallest absolute Gasteiger partial charge is 0.353 e. The van der Waals surface area contributed by atoms with Crippen LogP contribution in [0, 0.1) is 0 Å². The third kappa shape index (κ3) is 2.31. The summed E-state index contributed by atoms with van der Waals surface area (Å²) in [5.41, 5.74) is 7.35. The maximum Gasteiger partial charge on any atom is 0.353 e. The minimum absolute atomic E-state index is 0.0550. The first-order valence-electron chi connectivity index (χ1n) is 6.57. The highest BCUT2D eigenvalue weighted by Crippen LogP contribution is 2.29. The van der Waals surface area contributed by atoms with Gasteiger partial charge >= 0.3 is 5.69 Å². The molecular weight excluding hydrogens is 350 g/mol. The molecule has 3 rings (SSSR count). The van der Waals surface area contributed by atoms with Gasteiger partial charge in [-0.05, 0) is 15.9 Å². The Labute approximate surface area is 133 Å². The van der Waals surface area contributed by atoms with Crippen LogP contribution in [-0.4, -0.2) is 25.5 Å². The van der Waals surface area contributed by atoms with Crippen molar-refractivity contribution < 1.29 is 4.79 Å². The monoisotopic (exact) mass is 361 g/mol. The molecule has 0 atom stereocenters. The van der Waals surface area contributed by atoms with E-state index >= 15 is 0 Å². The third-order valence-electron chi connectivity index (χ3n) is 3.20. The van der Waals surface area contributed by atoms with E-state index in [9.17, 15) is 9.59 Å². The third-order valence-corrected chi connectivity index (χ3v) is 3.94. The quantitative estimate of drug-likeness (QED) is 0.710. The fourth-order valence-corrected chi connectivity index (χ4v) is 2.76. The van der Waals surface area contributed by atoms with Crippen LogP contribution < -0.4 is 11.4 Å². The zero-order chi connectivity index (χ0) is 15.7. The van der Waals surface area contributed by atoms with Gasteiger partial charge < -0.3 is 10.5 Å². The molecule has 0 radical (unpaired) electrons. The first-order chi connectivity index (χ1) is 10.6. The van der Waals surface area contributed by atoms with Crippen molar-refractivity contribution in [3.05, 3.63) is 45.3 Å². The molecule has 3 aromatic rings. The first kappa shape index (κ1) is 14.5. The SMILES string of the molecule is Nc1nc(-c2ccccc2)c(Br)c2nn(CCC=O)c(=O)n12. The lowest BCUT2D eigenvalue weighted by molar-refractivity contribution is -0.108. The number of aromatic nitrogens is 4. The summed E-state index contributed by atoms with van der Waals surface area (Å²) in [5.74, 6) is 0.0550. The topological polar surface area (TPSA) is 95.3 Å². The molecule has 2 heterocycles. The molecule has 0 saturated heterocycles. The summed E-state index contributed by atoms with van der Waals surface area (Å²) >= 11 is 3.45. The van der Waals surface area contributed by atoms with Crippen LogP contribution in [0.1, 0.15) is 6.42 Å². The molecule has 0 fully saturated rings. The van der Waals surface area contributed by atoms with Crippen LogP contribution in [-0.2, 0) is 11.3 Å². The molecule has 0 saturated carbocycles. The summed E-state index contributed by atoms with van der Waals surface area (Å²) in [6.45, 7) is 0.205. The number of halogens is 1. The largest absolute Gasteiger partial charge is 0.369 e. The van der Waals surface area contributed by atoms with Crippen molar-refractivity contribution in [3.63, 3.8) is 0 Å². The average molecular weight is 362 g/mol. The van der Waals surface area contributed by atoms with Crippen LogP contribution in [0.2, 0.25) is 0 Å². The Morgan fingerprint density at radius 1 is 1.27 bits per heavy atom. The summed E-state index contributed by atoms with van der Waals surface area (Å²) in [5, 5.41) is 4.24. The Balaban J connectivity index is 2.25. The van der Waals surface area contributed by atoms with Gasteiger partial charge in [0.2, 0.25) is 5.95 Å². The van der Waals surface area contributed by atoms with Gasteiger partial charge in [0.05, 0.1) is 16.7 Å². The number of hydrogen-bond acceptors (Lipinski definition) is 5. The second-order valence-electron chi connectivity index (χ2n) is 4.62. The van der Waals surface area contributed by atoms with Gasteiger partial charge in [-0.1, -0.05) is 30.3 Å². The number of nitrogens with two attached hydrogens (primary N) is 1. The minimum atomic E-state index is -0.415. The van der Waals surface area contributed by atoms with E-state index in [2.05, 4.69) is 26.0 Å². The second-order valence-corrected chi connectivity index (χ2v) is 5.41. The standard InChI is InChI=1S/C14H12BrN5O2/c15-10-11(9-5-2-1-3-6-9)17-13(16)20-12(10)18-19(14(20)22)7-4-8-21/h1-3,5-6,8H,4,7H2,(H2,16,17). The molecule has 0 bridgehead atoms. The van der Waals surface area contributed by atoms with Crippen molar-refractivity contribution in [2.75, 3.05) is 5.73 Å². The minimum Gasteiger partial charge on any atom is -0.369 e. The number of aldehydes is 1. The van der Waals surface area contributed by atoms with Gasteiger partial charge in [-0.3, -0.25) is 0 Å². The maximum atomic E-state index is 12.3. The summed E-state index contributed by atoms with van der Waals surface area (Å²) in [6, 6.07) is 9.46. The summed E-state index contributed by atoms with van der Waals surface area (Å²) in [7, 11) is 0. The van der Waals surface area contributed by atoms with Gasteiger partial charge in [0.25, 0.3) is 0 Å². The molecule has 0 amide bonds. The maximum absolute atomic E-state index is 12.3. The van der Waals surface area contributed by atoms with Crippen molar-refractivity contribution in [1.29, 1.82) is 0 Å². The average Bonchev–Trinajstić information content (AvgIpc) is 2.87. The zero-order valence-corrected chi connectivity index (χ0v) is 13.0. The number of nitrogen functional groups attached to an aromatic ring is 1. The van der Waals surface area contributed by atoms with Gasteiger partial charge in [0.1, 0.15) is 6.29 Å². The number of fused-ring (bicyclic) bond motifs is 1. The lowest BCUT2D eigenvalue weighted by Gasteiger charge is -2.06. The van der Waals surface area contributed by atoms with Crippen molar-refractivity contribution in [2.24, 2.45) is 0 Å². The Morgan fingerprint density at radius 3 is 2.68 bits per heavy atom. The molecule has 112 valence electrons. The fraction of sp³-hybridized carbons (Fsp3) is 0.143. The van der Waals surface area contributed by atoms with Gasteiger partial charge in [0.15, 0.2) is 5.65 Å². The summed E-state index contributed by atoms with van der Waals surface area (Å²) < 4.78 is 3.01. The number of carbonyl (C=O) groups is 1. The molecule has 0 aliphatic rings. The first-order valence-corrected chi connectivity index (χ1v) is 7.36. The molecule has 22 heavy (non-hydrogen) atoms. The number of anilines is 1. The number of benzene rings is 1. The molecule has 0 aliphatic carbocycles. The number of rotatable bonds is 4. The highest BCUT2D eigenvalue weighted by Gasteiger charge is 2.18. The van der Waals surface area contributed by atoms with Crippen LogP contribution in [0.5, 0.6) is 0 Å². The molecule has 8 heteroatoms.